The lowest BCUT2D eigenvalue weighted by Gasteiger charge is -2.14. The highest BCUT2D eigenvalue weighted by atomic mass is 16.5. The predicted molar refractivity (Wildman–Crippen MR) is 102 cm³/mol. The van der Waals surface area contributed by atoms with Gasteiger partial charge in [0.15, 0.2) is 0 Å². The highest BCUT2D eigenvalue weighted by Gasteiger charge is 2.20. The molecule has 0 atom stereocenters. The molecule has 0 unspecified atom stereocenters. The summed E-state index contributed by atoms with van der Waals surface area (Å²) in [6.45, 7) is 1.36. The van der Waals surface area contributed by atoms with E-state index in [2.05, 4.69) is 60.7 Å². The van der Waals surface area contributed by atoms with Crippen molar-refractivity contribution < 1.29 is 9.47 Å². The number of hydrogen-bond acceptors (Lipinski definition) is 2. The minimum Gasteiger partial charge on any atom is -0.497 e. The van der Waals surface area contributed by atoms with Gasteiger partial charge in [0.25, 0.3) is 0 Å². The zero-order valence-electron chi connectivity index (χ0n) is 14.1. The quantitative estimate of drug-likeness (QED) is 0.470. The summed E-state index contributed by atoms with van der Waals surface area (Å²) in [5.74, 6) is 0.885. The number of methoxy groups -OCH3 is 1. The van der Waals surface area contributed by atoms with Crippen LogP contribution >= 0.6 is 0 Å². The van der Waals surface area contributed by atoms with Crippen molar-refractivity contribution in [3.63, 3.8) is 0 Å². The van der Waals surface area contributed by atoms with E-state index in [1.54, 1.807) is 7.11 Å². The van der Waals surface area contributed by atoms with E-state index < -0.39 is 0 Å². The van der Waals surface area contributed by atoms with E-state index in [4.69, 9.17) is 9.47 Å². The van der Waals surface area contributed by atoms with E-state index in [-0.39, 0.29) is 0 Å². The van der Waals surface area contributed by atoms with Gasteiger partial charge >= 0.3 is 0 Å². The molecule has 0 saturated heterocycles. The molecule has 0 amide bonds. The maximum atomic E-state index is 5.76. The van der Waals surface area contributed by atoms with Crippen molar-refractivity contribution >= 4 is 21.5 Å². The van der Waals surface area contributed by atoms with Crippen molar-refractivity contribution in [1.82, 2.24) is 0 Å². The van der Waals surface area contributed by atoms with Gasteiger partial charge in [-0.3, -0.25) is 0 Å². The second-order valence-electron chi connectivity index (χ2n) is 6.53. The minimum atomic E-state index is 0.680. The first-order valence-electron chi connectivity index (χ1n) is 8.53. The number of benzene rings is 4. The third-order valence-electron chi connectivity index (χ3n) is 5.09. The lowest BCUT2D eigenvalue weighted by Crippen LogP contribution is -1.93. The predicted octanol–water partition coefficient (Wildman–Crippen LogP) is 5.70. The molecular weight excluding hydrogens is 308 g/mol. The maximum Gasteiger partial charge on any atom is 0.119 e. The van der Waals surface area contributed by atoms with Gasteiger partial charge in [-0.05, 0) is 68.1 Å². The zero-order chi connectivity index (χ0) is 16.8. The van der Waals surface area contributed by atoms with Crippen LogP contribution < -0.4 is 4.74 Å². The summed E-state index contributed by atoms with van der Waals surface area (Å²) in [6, 6.07) is 23.8. The highest BCUT2D eigenvalue weighted by Crippen LogP contribution is 2.40. The summed E-state index contributed by atoms with van der Waals surface area (Å²) in [5.41, 5.74) is 5.13. The Morgan fingerprint density at radius 1 is 0.800 bits per heavy atom. The van der Waals surface area contributed by atoms with Crippen molar-refractivity contribution in [2.24, 2.45) is 0 Å². The molecule has 1 aliphatic rings. The van der Waals surface area contributed by atoms with Crippen molar-refractivity contribution in [3.05, 3.63) is 77.9 Å². The van der Waals surface area contributed by atoms with Gasteiger partial charge < -0.3 is 9.47 Å². The van der Waals surface area contributed by atoms with E-state index in [1.807, 2.05) is 6.07 Å². The third-order valence-corrected chi connectivity index (χ3v) is 5.09. The molecule has 0 spiro atoms. The van der Waals surface area contributed by atoms with Gasteiger partial charge in [0.1, 0.15) is 5.75 Å². The molecule has 122 valence electrons. The summed E-state index contributed by atoms with van der Waals surface area (Å²) in [7, 11) is 1.71. The Morgan fingerprint density at radius 2 is 1.68 bits per heavy atom. The lowest BCUT2D eigenvalue weighted by molar-refractivity contribution is 0.134. The minimum absolute atomic E-state index is 0.680. The van der Waals surface area contributed by atoms with Gasteiger partial charge in [-0.25, -0.2) is 0 Å². The molecular formula is C23H18O2. The fraction of sp³-hybridized carbons (Fsp3) is 0.130. The number of rotatable bonds is 2. The topological polar surface area (TPSA) is 18.5 Å². The van der Waals surface area contributed by atoms with Crippen LogP contribution in [0.15, 0.2) is 66.7 Å². The first-order chi connectivity index (χ1) is 12.3. The molecule has 1 heterocycles. The first kappa shape index (κ1) is 14.5. The monoisotopic (exact) mass is 326 g/mol. The maximum absolute atomic E-state index is 5.76. The van der Waals surface area contributed by atoms with Crippen molar-refractivity contribution in [2.75, 3.05) is 7.11 Å². The summed E-state index contributed by atoms with van der Waals surface area (Å²) in [6.07, 6.45) is 0. The van der Waals surface area contributed by atoms with Crippen LogP contribution in [-0.2, 0) is 18.0 Å². The van der Waals surface area contributed by atoms with Gasteiger partial charge in [-0.1, -0.05) is 42.5 Å². The van der Waals surface area contributed by atoms with E-state index >= 15 is 0 Å². The van der Waals surface area contributed by atoms with Crippen LogP contribution in [0.4, 0.5) is 0 Å². The second-order valence-corrected chi connectivity index (χ2v) is 6.53. The fourth-order valence-corrected chi connectivity index (χ4v) is 3.84. The largest absolute Gasteiger partial charge is 0.497 e. The molecule has 5 rings (SSSR count). The molecule has 0 aliphatic carbocycles. The Kier molecular flexibility index (Phi) is 3.25. The van der Waals surface area contributed by atoms with Gasteiger partial charge in [0.2, 0.25) is 0 Å². The smallest absolute Gasteiger partial charge is 0.119 e. The molecule has 1 aliphatic heterocycles. The molecule has 0 fully saturated rings. The molecule has 0 N–H and O–H groups in total. The molecule has 0 aromatic heterocycles. The highest BCUT2D eigenvalue weighted by molar-refractivity contribution is 6.01. The Hall–Kier alpha value is -2.84. The van der Waals surface area contributed by atoms with Crippen LogP contribution in [0.2, 0.25) is 0 Å². The van der Waals surface area contributed by atoms with Crippen LogP contribution in [0.5, 0.6) is 5.75 Å². The molecule has 0 saturated carbocycles. The van der Waals surface area contributed by atoms with E-state index in [0.29, 0.717) is 13.2 Å². The molecule has 4 aromatic rings. The molecule has 0 bridgehead atoms. The van der Waals surface area contributed by atoms with E-state index in [0.717, 1.165) is 5.75 Å². The van der Waals surface area contributed by atoms with E-state index in [1.165, 1.54) is 43.8 Å². The molecule has 2 heteroatoms. The normalized spacial score (nSPS) is 13.3. The summed E-state index contributed by atoms with van der Waals surface area (Å²) in [5, 5.41) is 4.98. The number of ether oxygens (including phenoxy) is 2. The summed E-state index contributed by atoms with van der Waals surface area (Å²) >= 11 is 0. The number of hydrogen-bond donors (Lipinski definition) is 0. The summed E-state index contributed by atoms with van der Waals surface area (Å²) < 4.78 is 11.2. The van der Waals surface area contributed by atoms with Crippen LogP contribution in [0, 0.1) is 0 Å². The number of fused-ring (bicyclic) bond motifs is 3. The molecule has 0 radical (unpaired) electrons. The second kappa shape index (κ2) is 5.61. The van der Waals surface area contributed by atoms with E-state index in [9.17, 15) is 0 Å². The van der Waals surface area contributed by atoms with Crippen molar-refractivity contribution in [2.45, 2.75) is 13.2 Å². The summed E-state index contributed by atoms with van der Waals surface area (Å²) in [4.78, 5) is 0. The Balaban J connectivity index is 1.84. The fourth-order valence-electron chi connectivity index (χ4n) is 3.84. The van der Waals surface area contributed by atoms with Crippen LogP contribution in [-0.4, -0.2) is 7.11 Å². The average molecular weight is 326 g/mol. The Bertz CT molecular complexity index is 1110. The van der Waals surface area contributed by atoms with Crippen LogP contribution in [0.3, 0.4) is 0 Å². The van der Waals surface area contributed by atoms with Crippen molar-refractivity contribution in [1.29, 1.82) is 0 Å². The SMILES string of the molecule is COc1ccc2c(-c3ccc4ccccc4c3)c3c(cc2c1)COC3. The third kappa shape index (κ3) is 2.30. The molecule has 2 nitrogen and oxygen atoms in total. The Morgan fingerprint density at radius 3 is 2.56 bits per heavy atom. The Labute approximate surface area is 146 Å². The van der Waals surface area contributed by atoms with Gasteiger partial charge in [0.05, 0.1) is 20.3 Å². The standard InChI is InChI=1S/C23H18O2/c1-24-20-8-9-21-18(12-20)11-19-13-25-14-22(19)23(21)17-7-6-15-4-2-3-5-16(15)10-17/h2-12H,13-14H2,1H3. The average Bonchev–Trinajstić information content (AvgIpc) is 3.13. The lowest BCUT2D eigenvalue weighted by atomic mass is 9.90. The van der Waals surface area contributed by atoms with Gasteiger partial charge in [0, 0.05) is 0 Å². The van der Waals surface area contributed by atoms with Gasteiger partial charge in [-0.15, -0.1) is 0 Å². The van der Waals surface area contributed by atoms with Gasteiger partial charge in [-0.2, -0.15) is 0 Å². The van der Waals surface area contributed by atoms with Crippen LogP contribution in [0.1, 0.15) is 11.1 Å². The van der Waals surface area contributed by atoms with Crippen LogP contribution in [0.25, 0.3) is 32.7 Å². The first-order valence-corrected chi connectivity index (χ1v) is 8.53. The zero-order valence-corrected chi connectivity index (χ0v) is 14.1. The van der Waals surface area contributed by atoms with Crippen molar-refractivity contribution in [3.8, 4) is 16.9 Å². The molecule has 4 aromatic carbocycles. The molecule has 25 heavy (non-hydrogen) atoms.